The lowest BCUT2D eigenvalue weighted by Gasteiger charge is -2.08. The molecule has 8 heteroatoms. The zero-order valence-corrected chi connectivity index (χ0v) is 15.8. The van der Waals surface area contributed by atoms with E-state index in [1.165, 1.54) is 17.3 Å². The monoisotopic (exact) mass is 378 g/mol. The second-order valence-electron chi connectivity index (χ2n) is 6.44. The van der Waals surface area contributed by atoms with Gasteiger partial charge in [0.25, 0.3) is 5.56 Å². The molecule has 0 unspecified atom stereocenters. The van der Waals surface area contributed by atoms with Gasteiger partial charge in [0.2, 0.25) is 5.16 Å². The standard InChI is InChI=1S/C19H18N6OS/c1-12(2)13-7-9-14(10-8-13)25-19(22-23-24-25)27-11-17-20-16-6-4-3-5-15(16)18(26)21-17/h3-10,12H,11H2,1-2H3,(H,20,21,26). The predicted molar refractivity (Wildman–Crippen MR) is 105 cm³/mol. The van der Waals surface area contributed by atoms with Gasteiger partial charge in [0.05, 0.1) is 22.3 Å². The first-order valence-electron chi connectivity index (χ1n) is 8.61. The maximum Gasteiger partial charge on any atom is 0.258 e. The second-order valence-corrected chi connectivity index (χ2v) is 7.38. The van der Waals surface area contributed by atoms with E-state index in [1.807, 2.05) is 30.3 Å². The lowest BCUT2D eigenvalue weighted by Crippen LogP contribution is -2.11. The third-order valence-corrected chi connectivity index (χ3v) is 5.18. The summed E-state index contributed by atoms with van der Waals surface area (Å²) in [5.74, 6) is 1.52. The van der Waals surface area contributed by atoms with E-state index in [4.69, 9.17) is 0 Å². The number of hydrogen-bond donors (Lipinski definition) is 1. The van der Waals surface area contributed by atoms with Crippen molar-refractivity contribution in [3.8, 4) is 5.69 Å². The van der Waals surface area contributed by atoms with Crippen molar-refractivity contribution in [1.29, 1.82) is 0 Å². The molecule has 0 fully saturated rings. The van der Waals surface area contributed by atoms with Gasteiger partial charge in [0, 0.05) is 0 Å². The van der Waals surface area contributed by atoms with E-state index in [1.54, 1.807) is 10.7 Å². The molecule has 0 saturated heterocycles. The van der Waals surface area contributed by atoms with Crippen molar-refractivity contribution in [3.63, 3.8) is 0 Å². The van der Waals surface area contributed by atoms with Crippen molar-refractivity contribution in [2.75, 3.05) is 0 Å². The number of para-hydroxylation sites is 1. The van der Waals surface area contributed by atoms with E-state index in [-0.39, 0.29) is 5.56 Å². The Morgan fingerprint density at radius 3 is 2.67 bits per heavy atom. The highest BCUT2D eigenvalue weighted by Gasteiger charge is 2.11. The molecule has 136 valence electrons. The minimum absolute atomic E-state index is 0.139. The summed E-state index contributed by atoms with van der Waals surface area (Å²) < 4.78 is 1.69. The molecular weight excluding hydrogens is 360 g/mol. The molecule has 0 aliphatic rings. The molecule has 0 amide bonds. The quantitative estimate of drug-likeness (QED) is 0.536. The Morgan fingerprint density at radius 1 is 1.11 bits per heavy atom. The van der Waals surface area contributed by atoms with Crippen molar-refractivity contribution in [1.82, 2.24) is 30.2 Å². The van der Waals surface area contributed by atoms with E-state index in [0.29, 0.717) is 33.6 Å². The van der Waals surface area contributed by atoms with E-state index in [9.17, 15) is 4.79 Å². The summed E-state index contributed by atoms with van der Waals surface area (Å²) >= 11 is 1.42. The molecule has 4 aromatic rings. The van der Waals surface area contributed by atoms with Crippen LogP contribution in [-0.2, 0) is 5.75 Å². The van der Waals surface area contributed by atoms with E-state index in [0.717, 1.165) is 5.69 Å². The third-order valence-electron chi connectivity index (χ3n) is 4.25. The molecule has 2 aromatic carbocycles. The zero-order valence-electron chi connectivity index (χ0n) is 15.0. The summed E-state index contributed by atoms with van der Waals surface area (Å²) in [7, 11) is 0. The van der Waals surface area contributed by atoms with Crippen LogP contribution in [0.15, 0.2) is 58.5 Å². The van der Waals surface area contributed by atoms with Gasteiger partial charge in [0.15, 0.2) is 0 Å². The Balaban J connectivity index is 1.56. The minimum Gasteiger partial charge on any atom is -0.309 e. The number of thioether (sulfide) groups is 1. The maximum absolute atomic E-state index is 12.2. The summed E-state index contributed by atoms with van der Waals surface area (Å²) in [5.41, 5.74) is 2.70. The lowest BCUT2D eigenvalue weighted by atomic mass is 10.0. The number of tetrazole rings is 1. The normalized spacial score (nSPS) is 11.4. The van der Waals surface area contributed by atoms with Gasteiger partial charge in [-0.1, -0.05) is 49.9 Å². The van der Waals surface area contributed by atoms with Crippen LogP contribution in [-0.4, -0.2) is 30.2 Å². The topological polar surface area (TPSA) is 89.3 Å². The molecule has 0 radical (unpaired) electrons. The van der Waals surface area contributed by atoms with Gasteiger partial charge in [-0.25, -0.2) is 4.98 Å². The minimum atomic E-state index is -0.139. The SMILES string of the molecule is CC(C)c1ccc(-n2nnnc2SCc2nc3ccccc3c(=O)[nH]2)cc1. The highest BCUT2D eigenvalue weighted by Crippen LogP contribution is 2.23. The van der Waals surface area contributed by atoms with Crippen LogP contribution < -0.4 is 5.56 Å². The smallest absolute Gasteiger partial charge is 0.258 e. The zero-order chi connectivity index (χ0) is 18.8. The van der Waals surface area contributed by atoms with Gasteiger partial charge in [-0.05, 0) is 46.2 Å². The number of nitrogens with zero attached hydrogens (tertiary/aromatic N) is 5. The van der Waals surface area contributed by atoms with Crippen LogP contribution in [0, 0.1) is 0 Å². The van der Waals surface area contributed by atoms with Gasteiger partial charge in [-0.3, -0.25) is 4.79 Å². The summed E-state index contributed by atoms with van der Waals surface area (Å²) in [6, 6.07) is 15.5. The second kappa shape index (κ2) is 7.32. The lowest BCUT2D eigenvalue weighted by molar-refractivity contribution is 0.754. The summed E-state index contributed by atoms with van der Waals surface area (Å²) in [6.45, 7) is 4.31. The number of aromatic nitrogens is 6. The van der Waals surface area contributed by atoms with Crippen LogP contribution in [0.3, 0.4) is 0 Å². The number of rotatable bonds is 5. The van der Waals surface area contributed by atoms with Crippen LogP contribution in [0.4, 0.5) is 0 Å². The Hall–Kier alpha value is -3.00. The van der Waals surface area contributed by atoms with Gasteiger partial charge in [-0.15, -0.1) is 5.10 Å². The Labute approximate surface area is 159 Å². The molecule has 27 heavy (non-hydrogen) atoms. The fourth-order valence-electron chi connectivity index (χ4n) is 2.77. The van der Waals surface area contributed by atoms with Gasteiger partial charge < -0.3 is 4.98 Å². The average Bonchev–Trinajstić information content (AvgIpc) is 3.15. The van der Waals surface area contributed by atoms with E-state index < -0.39 is 0 Å². The highest BCUT2D eigenvalue weighted by atomic mass is 32.2. The first-order valence-corrected chi connectivity index (χ1v) is 9.60. The van der Waals surface area contributed by atoms with Crippen molar-refractivity contribution in [2.45, 2.75) is 30.7 Å². The van der Waals surface area contributed by atoms with Crippen LogP contribution in [0.2, 0.25) is 0 Å². The fourth-order valence-corrected chi connectivity index (χ4v) is 3.53. The number of benzene rings is 2. The summed E-state index contributed by atoms with van der Waals surface area (Å²) in [6.07, 6.45) is 0. The molecular formula is C19H18N6OS. The number of hydrogen-bond acceptors (Lipinski definition) is 6. The average molecular weight is 378 g/mol. The molecule has 0 atom stereocenters. The Morgan fingerprint density at radius 2 is 1.89 bits per heavy atom. The molecule has 4 rings (SSSR count). The molecule has 7 nitrogen and oxygen atoms in total. The van der Waals surface area contributed by atoms with Gasteiger partial charge >= 0.3 is 0 Å². The maximum atomic E-state index is 12.2. The fraction of sp³-hybridized carbons (Fsp3) is 0.211. The number of fused-ring (bicyclic) bond motifs is 1. The van der Waals surface area contributed by atoms with Crippen LogP contribution in [0.1, 0.15) is 31.2 Å². The van der Waals surface area contributed by atoms with Crippen molar-refractivity contribution in [3.05, 3.63) is 70.3 Å². The Bertz CT molecular complexity index is 1130. The first-order chi connectivity index (χ1) is 13.1. The Kier molecular flexibility index (Phi) is 4.72. The van der Waals surface area contributed by atoms with Crippen LogP contribution >= 0.6 is 11.8 Å². The number of nitrogens with one attached hydrogen (secondary N) is 1. The van der Waals surface area contributed by atoms with Crippen LogP contribution in [0.5, 0.6) is 0 Å². The van der Waals surface area contributed by atoms with Gasteiger partial charge in [-0.2, -0.15) is 4.68 Å². The van der Waals surface area contributed by atoms with Crippen molar-refractivity contribution >= 4 is 22.7 Å². The molecule has 2 aromatic heterocycles. The largest absolute Gasteiger partial charge is 0.309 e. The van der Waals surface area contributed by atoms with E-state index >= 15 is 0 Å². The molecule has 0 bridgehead atoms. The van der Waals surface area contributed by atoms with Crippen LogP contribution in [0.25, 0.3) is 16.6 Å². The molecule has 1 N–H and O–H groups in total. The van der Waals surface area contributed by atoms with E-state index in [2.05, 4.69) is 51.5 Å². The molecule has 0 saturated carbocycles. The number of H-pyrrole nitrogens is 1. The van der Waals surface area contributed by atoms with Crippen molar-refractivity contribution < 1.29 is 0 Å². The predicted octanol–water partition coefficient (Wildman–Crippen LogP) is 3.31. The third kappa shape index (κ3) is 3.61. The summed E-state index contributed by atoms with van der Waals surface area (Å²) in [5, 5.41) is 13.2. The molecule has 2 heterocycles. The number of aromatic amines is 1. The first kappa shape index (κ1) is 17.4. The molecule has 0 aliphatic heterocycles. The van der Waals surface area contributed by atoms with Gasteiger partial charge in [0.1, 0.15) is 5.82 Å². The molecule has 0 aliphatic carbocycles. The summed E-state index contributed by atoms with van der Waals surface area (Å²) in [4.78, 5) is 19.5. The van der Waals surface area contributed by atoms with Crippen molar-refractivity contribution in [2.24, 2.45) is 0 Å². The molecule has 0 spiro atoms. The highest BCUT2D eigenvalue weighted by molar-refractivity contribution is 7.98.